The summed E-state index contributed by atoms with van der Waals surface area (Å²) in [5.41, 5.74) is 1.96. The molecule has 7 nitrogen and oxygen atoms in total. The van der Waals surface area contributed by atoms with Gasteiger partial charge in [-0.2, -0.15) is 0 Å². The van der Waals surface area contributed by atoms with Crippen LogP contribution in [-0.2, 0) is 4.74 Å². The lowest BCUT2D eigenvalue weighted by molar-refractivity contribution is 0.0383. The molecule has 0 unspecified atom stereocenters. The van der Waals surface area contributed by atoms with Gasteiger partial charge in [-0.15, -0.1) is 11.3 Å². The summed E-state index contributed by atoms with van der Waals surface area (Å²) < 4.78 is 5.36. The molecule has 152 valence electrons. The van der Waals surface area contributed by atoms with E-state index >= 15 is 0 Å². The van der Waals surface area contributed by atoms with Gasteiger partial charge in [0, 0.05) is 38.9 Å². The van der Waals surface area contributed by atoms with Crippen molar-refractivity contribution < 1.29 is 9.53 Å². The lowest BCUT2D eigenvalue weighted by Gasteiger charge is -2.26. The Kier molecular flexibility index (Phi) is 6.03. The van der Waals surface area contributed by atoms with E-state index in [0.717, 1.165) is 60.1 Å². The summed E-state index contributed by atoms with van der Waals surface area (Å²) in [5, 5.41) is 3.99. The Bertz CT molecular complexity index is 985. The molecule has 1 N–H and O–H groups in total. The van der Waals surface area contributed by atoms with Crippen LogP contribution in [0.15, 0.2) is 36.7 Å². The largest absolute Gasteiger partial charge is 0.379 e. The molecule has 1 aliphatic rings. The van der Waals surface area contributed by atoms with Crippen molar-refractivity contribution in [2.75, 3.05) is 51.3 Å². The van der Waals surface area contributed by atoms with E-state index in [2.05, 4.69) is 20.2 Å². The van der Waals surface area contributed by atoms with Gasteiger partial charge in [0.2, 0.25) is 0 Å². The standard InChI is InChI=1S/C21H25N5O2S/c1-15-17-19(25(2)16-6-4-3-5-7-16)23-14-24-21(17)29-18(15)20(27)22-8-9-26-10-12-28-13-11-26/h3-7,14H,8-13H2,1-2H3,(H,22,27). The van der Waals surface area contributed by atoms with Crippen molar-refractivity contribution >= 4 is 39.0 Å². The van der Waals surface area contributed by atoms with Crippen LogP contribution in [-0.4, -0.2) is 67.2 Å². The third-order valence-corrected chi connectivity index (χ3v) is 6.39. The molecule has 29 heavy (non-hydrogen) atoms. The van der Waals surface area contributed by atoms with Gasteiger partial charge in [-0.05, 0) is 24.6 Å². The zero-order valence-corrected chi connectivity index (χ0v) is 17.5. The van der Waals surface area contributed by atoms with Crippen LogP contribution < -0.4 is 10.2 Å². The summed E-state index contributed by atoms with van der Waals surface area (Å²) in [6.07, 6.45) is 1.56. The number of benzene rings is 1. The maximum Gasteiger partial charge on any atom is 0.261 e. The number of hydrogen-bond donors (Lipinski definition) is 1. The number of aryl methyl sites for hydroxylation is 1. The molecule has 2 aromatic heterocycles. The average Bonchev–Trinajstić information content (AvgIpc) is 3.11. The number of amides is 1. The number of fused-ring (bicyclic) bond motifs is 1. The fourth-order valence-electron chi connectivity index (χ4n) is 3.53. The minimum atomic E-state index is -0.0490. The normalized spacial score (nSPS) is 14.8. The Morgan fingerprint density at radius 1 is 1.24 bits per heavy atom. The number of ether oxygens (including phenoxy) is 1. The molecular weight excluding hydrogens is 386 g/mol. The molecule has 8 heteroatoms. The first-order valence-corrected chi connectivity index (χ1v) is 10.6. The van der Waals surface area contributed by atoms with Crippen molar-refractivity contribution in [2.45, 2.75) is 6.92 Å². The summed E-state index contributed by atoms with van der Waals surface area (Å²) >= 11 is 1.42. The van der Waals surface area contributed by atoms with E-state index in [-0.39, 0.29) is 5.91 Å². The molecule has 0 radical (unpaired) electrons. The molecule has 0 aliphatic carbocycles. The van der Waals surface area contributed by atoms with E-state index in [1.54, 1.807) is 6.33 Å². The number of hydrogen-bond acceptors (Lipinski definition) is 7. The van der Waals surface area contributed by atoms with Crippen LogP contribution >= 0.6 is 11.3 Å². The lowest BCUT2D eigenvalue weighted by Crippen LogP contribution is -2.41. The Labute approximate surface area is 174 Å². The molecule has 1 aliphatic heterocycles. The second-order valence-electron chi connectivity index (χ2n) is 7.04. The number of nitrogens with one attached hydrogen (secondary N) is 1. The van der Waals surface area contributed by atoms with Gasteiger partial charge in [0.1, 0.15) is 17.0 Å². The van der Waals surface area contributed by atoms with Crippen molar-refractivity contribution in [3.8, 4) is 0 Å². The molecule has 0 spiro atoms. The summed E-state index contributed by atoms with van der Waals surface area (Å²) in [5.74, 6) is 0.759. The highest BCUT2D eigenvalue weighted by Crippen LogP contribution is 2.36. The molecule has 1 aromatic carbocycles. The number of thiophene rings is 1. The second kappa shape index (κ2) is 8.86. The van der Waals surface area contributed by atoms with E-state index < -0.39 is 0 Å². The van der Waals surface area contributed by atoms with Gasteiger partial charge in [0.15, 0.2) is 0 Å². The lowest BCUT2D eigenvalue weighted by atomic mass is 10.2. The first-order valence-electron chi connectivity index (χ1n) is 9.76. The fourth-order valence-corrected chi connectivity index (χ4v) is 4.59. The smallest absolute Gasteiger partial charge is 0.261 e. The Balaban J connectivity index is 1.53. The van der Waals surface area contributed by atoms with E-state index in [1.165, 1.54) is 11.3 Å². The molecule has 0 saturated carbocycles. The Morgan fingerprint density at radius 3 is 2.76 bits per heavy atom. The summed E-state index contributed by atoms with van der Waals surface area (Å²) in [7, 11) is 1.98. The Hall–Kier alpha value is -2.55. The van der Waals surface area contributed by atoms with Crippen LogP contribution in [0.3, 0.4) is 0 Å². The molecule has 4 rings (SSSR count). The van der Waals surface area contributed by atoms with Crippen molar-refractivity contribution in [3.05, 3.63) is 47.1 Å². The number of anilines is 2. The molecule has 1 saturated heterocycles. The molecule has 0 atom stereocenters. The molecule has 1 amide bonds. The Morgan fingerprint density at radius 2 is 2.00 bits per heavy atom. The third-order valence-electron chi connectivity index (χ3n) is 5.19. The molecule has 3 aromatic rings. The number of rotatable bonds is 6. The minimum Gasteiger partial charge on any atom is -0.379 e. The van der Waals surface area contributed by atoms with E-state index in [0.29, 0.717) is 11.4 Å². The van der Waals surface area contributed by atoms with E-state index in [1.807, 2.05) is 49.2 Å². The average molecular weight is 412 g/mol. The minimum absolute atomic E-state index is 0.0490. The predicted octanol–water partition coefficient (Wildman–Crippen LogP) is 2.83. The monoisotopic (exact) mass is 411 g/mol. The molecule has 3 heterocycles. The number of carbonyl (C=O) groups is 1. The van der Waals surface area contributed by atoms with Crippen molar-refractivity contribution in [2.24, 2.45) is 0 Å². The first-order chi connectivity index (χ1) is 14.1. The van der Waals surface area contributed by atoms with Crippen LogP contribution in [0.5, 0.6) is 0 Å². The summed E-state index contributed by atoms with van der Waals surface area (Å²) in [6.45, 7) is 6.79. The number of morpholine rings is 1. The van der Waals surface area contributed by atoms with Gasteiger partial charge in [0.05, 0.1) is 23.5 Å². The SMILES string of the molecule is Cc1c(C(=O)NCCN2CCOCC2)sc2ncnc(N(C)c3ccccc3)c12. The zero-order valence-electron chi connectivity index (χ0n) is 16.7. The van der Waals surface area contributed by atoms with Crippen LogP contribution in [0, 0.1) is 6.92 Å². The quantitative estimate of drug-likeness (QED) is 0.673. The number of aromatic nitrogens is 2. The van der Waals surface area contributed by atoms with Crippen LogP contribution in [0.1, 0.15) is 15.2 Å². The highest BCUT2D eigenvalue weighted by Gasteiger charge is 2.21. The second-order valence-corrected chi connectivity index (χ2v) is 8.04. The summed E-state index contributed by atoms with van der Waals surface area (Å²) in [6, 6.07) is 10.1. The van der Waals surface area contributed by atoms with E-state index in [4.69, 9.17) is 4.74 Å². The number of carbonyl (C=O) groups excluding carboxylic acids is 1. The van der Waals surface area contributed by atoms with E-state index in [9.17, 15) is 4.79 Å². The van der Waals surface area contributed by atoms with Crippen LogP contribution in [0.25, 0.3) is 10.2 Å². The topological polar surface area (TPSA) is 70.6 Å². The maximum atomic E-state index is 12.8. The predicted molar refractivity (Wildman–Crippen MR) is 116 cm³/mol. The zero-order chi connectivity index (χ0) is 20.2. The van der Waals surface area contributed by atoms with Crippen molar-refractivity contribution in [3.63, 3.8) is 0 Å². The molecule has 0 bridgehead atoms. The highest BCUT2D eigenvalue weighted by molar-refractivity contribution is 7.20. The van der Waals surface area contributed by atoms with Crippen molar-refractivity contribution in [1.82, 2.24) is 20.2 Å². The van der Waals surface area contributed by atoms with Crippen molar-refractivity contribution in [1.29, 1.82) is 0 Å². The number of nitrogens with zero attached hydrogens (tertiary/aromatic N) is 4. The number of para-hydroxylation sites is 1. The maximum absolute atomic E-state index is 12.8. The van der Waals surface area contributed by atoms with Gasteiger partial charge >= 0.3 is 0 Å². The molecule has 1 fully saturated rings. The summed E-state index contributed by atoms with van der Waals surface area (Å²) in [4.78, 5) is 27.6. The molecular formula is C21H25N5O2S. The van der Waals surface area contributed by atoms with Crippen LogP contribution in [0.2, 0.25) is 0 Å². The third kappa shape index (κ3) is 4.24. The fraction of sp³-hybridized carbons (Fsp3) is 0.381. The van der Waals surface area contributed by atoms with Gasteiger partial charge in [-0.25, -0.2) is 9.97 Å². The van der Waals surface area contributed by atoms with Gasteiger partial charge in [-0.1, -0.05) is 18.2 Å². The van der Waals surface area contributed by atoms with Gasteiger partial charge < -0.3 is 15.0 Å². The van der Waals surface area contributed by atoms with Crippen LogP contribution in [0.4, 0.5) is 11.5 Å². The first kappa shape index (κ1) is 19.8. The highest BCUT2D eigenvalue weighted by atomic mass is 32.1. The van der Waals surface area contributed by atoms with Gasteiger partial charge in [-0.3, -0.25) is 9.69 Å². The van der Waals surface area contributed by atoms with Gasteiger partial charge in [0.25, 0.3) is 5.91 Å².